The third-order valence-corrected chi connectivity index (χ3v) is 5.06. The van der Waals surface area contributed by atoms with Crippen molar-refractivity contribution in [3.05, 3.63) is 57.1 Å². The van der Waals surface area contributed by atoms with Gasteiger partial charge < -0.3 is 9.47 Å². The molecule has 0 aliphatic carbocycles. The number of ketones is 1. The zero-order valence-corrected chi connectivity index (χ0v) is 16.9. The maximum Gasteiger partial charge on any atom is 0.270 e. The second-order valence-electron chi connectivity index (χ2n) is 5.70. The third-order valence-electron chi connectivity index (χ3n) is 3.88. The van der Waals surface area contributed by atoms with Crippen LogP contribution >= 0.6 is 23.4 Å². The van der Waals surface area contributed by atoms with E-state index in [9.17, 15) is 14.9 Å². The van der Waals surface area contributed by atoms with Crippen LogP contribution < -0.4 is 9.47 Å². The van der Waals surface area contributed by atoms with Gasteiger partial charge in [-0.2, -0.15) is 0 Å². The molecule has 0 saturated carbocycles. The van der Waals surface area contributed by atoms with Gasteiger partial charge >= 0.3 is 0 Å². The summed E-state index contributed by atoms with van der Waals surface area (Å²) in [5, 5.41) is 18.3. The molecule has 1 aromatic heterocycles. The number of nitrogens with zero attached hydrogens (tertiary/aromatic N) is 3. The minimum Gasteiger partial charge on any atom is -0.497 e. The molecule has 0 radical (unpaired) electrons. The van der Waals surface area contributed by atoms with Gasteiger partial charge in [-0.1, -0.05) is 23.4 Å². The zero-order chi connectivity index (χ0) is 21.0. The van der Waals surface area contributed by atoms with E-state index in [0.717, 1.165) is 17.8 Å². The molecule has 9 nitrogen and oxygen atoms in total. The number of aromatic nitrogens is 3. The van der Waals surface area contributed by atoms with Gasteiger partial charge in [0, 0.05) is 29.3 Å². The predicted molar refractivity (Wildman–Crippen MR) is 108 cm³/mol. The van der Waals surface area contributed by atoms with Crippen LogP contribution in [0.15, 0.2) is 41.6 Å². The summed E-state index contributed by atoms with van der Waals surface area (Å²) in [5.74, 6) is 1.28. The first-order valence-corrected chi connectivity index (χ1v) is 9.53. The fourth-order valence-electron chi connectivity index (χ4n) is 2.43. The van der Waals surface area contributed by atoms with E-state index < -0.39 is 4.92 Å². The van der Waals surface area contributed by atoms with Crippen LogP contribution in [0.2, 0.25) is 5.02 Å². The van der Waals surface area contributed by atoms with Crippen LogP contribution in [0.5, 0.6) is 11.5 Å². The lowest BCUT2D eigenvalue weighted by Gasteiger charge is -2.06. The van der Waals surface area contributed by atoms with E-state index in [1.165, 1.54) is 12.1 Å². The highest BCUT2D eigenvalue weighted by Gasteiger charge is 2.17. The van der Waals surface area contributed by atoms with E-state index in [4.69, 9.17) is 21.1 Å². The minimum atomic E-state index is -0.579. The summed E-state index contributed by atoms with van der Waals surface area (Å²) in [7, 11) is 3.09. The van der Waals surface area contributed by atoms with Gasteiger partial charge in [-0.3, -0.25) is 20.0 Å². The van der Waals surface area contributed by atoms with Crippen LogP contribution in [-0.4, -0.2) is 45.9 Å². The van der Waals surface area contributed by atoms with Gasteiger partial charge in [0.15, 0.2) is 11.6 Å². The highest BCUT2D eigenvalue weighted by Crippen LogP contribution is 2.29. The molecule has 0 bridgehead atoms. The summed E-state index contributed by atoms with van der Waals surface area (Å²) in [6.45, 7) is 0. The number of hydrogen-bond donors (Lipinski definition) is 1. The van der Waals surface area contributed by atoms with Crippen molar-refractivity contribution >= 4 is 34.8 Å². The summed E-state index contributed by atoms with van der Waals surface area (Å²) in [5.41, 5.74) is 0.588. The number of nitro groups is 1. The highest BCUT2D eigenvalue weighted by atomic mass is 35.5. The summed E-state index contributed by atoms with van der Waals surface area (Å²) in [6.07, 6.45) is 0. The summed E-state index contributed by atoms with van der Waals surface area (Å²) < 4.78 is 10.5. The molecule has 0 spiro atoms. The molecule has 3 aromatic rings. The first kappa shape index (κ1) is 20.6. The predicted octanol–water partition coefficient (Wildman–Crippen LogP) is 4.03. The van der Waals surface area contributed by atoms with Gasteiger partial charge in [0.1, 0.15) is 11.5 Å². The Kier molecular flexibility index (Phi) is 6.35. The monoisotopic (exact) mass is 434 g/mol. The standard InChI is InChI=1S/C18H15ClN4O5S/c1-27-12-5-10(6-13(8-12)28-2)17-20-18(22-21-17)29-9-16(24)14-7-11(23(25)26)3-4-15(14)19/h3-8H,9H2,1-2H3,(H,20,21,22). The molecule has 0 unspecified atom stereocenters. The molecule has 1 N–H and O–H groups in total. The van der Waals surface area contributed by atoms with Crippen LogP contribution in [0.3, 0.4) is 0 Å². The first-order chi connectivity index (χ1) is 13.9. The average Bonchev–Trinajstić information content (AvgIpc) is 3.20. The molecule has 0 fully saturated rings. The number of carbonyl (C=O) groups is 1. The number of carbonyl (C=O) groups excluding carboxylic acids is 1. The number of aromatic amines is 1. The number of Topliss-reactive ketones (excluding diaryl/α,β-unsaturated/α-hetero) is 1. The largest absolute Gasteiger partial charge is 0.497 e. The van der Waals surface area contributed by atoms with E-state index in [1.807, 2.05) is 0 Å². The van der Waals surface area contributed by atoms with E-state index in [1.54, 1.807) is 32.4 Å². The Bertz CT molecular complexity index is 1050. The number of methoxy groups -OCH3 is 2. The maximum absolute atomic E-state index is 12.4. The second kappa shape index (κ2) is 8.93. The van der Waals surface area contributed by atoms with Gasteiger partial charge in [0.05, 0.1) is 29.9 Å². The van der Waals surface area contributed by atoms with Crippen molar-refractivity contribution in [3.63, 3.8) is 0 Å². The zero-order valence-electron chi connectivity index (χ0n) is 15.3. The number of benzene rings is 2. The van der Waals surface area contributed by atoms with Crippen LogP contribution in [-0.2, 0) is 0 Å². The summed E-state index contributed by atoms with van der Waals surface area (Å²) in [6, 6.07) is 9.01. The number of rotatable bonds is 8. The minimum absolute atomic E-state index is 0.0282. The smallest absolute Gasteiger partial charge is 0.270 e. The summed E-state index contributed by atoms with van der Waals surface area (Å²) >= 11 is 7.09. The quantitative estimate of drug-likeness (QED) is 0.244. The molecule has 1 heterocycles. The Morgan fingerprint density at radius 3 is 2.52 bits per heavy atom. The average molecular weight is 435 g/mol. The number of H-pyrrole nitrogens is 1. The Morgan fingerprint density at radius 2 is 1.90 bits per heavy atom. The Morgan fingerprint density at radius 1 is 1.21 bits per heavy atom. The molecule has 0 aliphatic rings. The number of nitro benzene ring substituents is 1. The second-order valence-corrected chi connectivity index (χ2v) is 7.05. The molecule has 0 amide bonds. The Labute approximate surface area is 174 Å². The van der Waals surface area contributed by atoms with Gasteiger partial charge in [-0.15, -0.1) is 5.10 Å². The highest BCUT2D eigenvalue weighted by molar-refractivity contribution is 7.99. The topological polar surface area (TPSA) is 120 Å². The lowest BCUT2D eigenvalue weighted by molar-refractivity contribution is -0.384. The van der Waals surface area contributed by atoms with Crippen molar-refractivity contribution < 1.29 is 19.2 Å². The van der Waals surface area contributed by atoms with E-state index >= 15 is 0 Å². The van der Waals surface area contributed by atoms with E-state index in [2.05, 4.69) is 15.2 Å². The SMILES string of the molecule is COc1cc(OC)cc(-c2nc(SCC(=O)c3cc([N+](=O)[O-])ccc3Cl)n[nH]2)c1. The number of ether oxygens (including phenoxy) is 2. The Hall–Kier alpha value is -3.11. The van der Waals surface area contributed by atoms with Crippen molar-refractivity contribution in [1.29, 1.82) is 0 Å². The fraction of sp³-hybridized carbons (Fsp3) is 0.167. The van der Waals surface area contributed by atoms with Gasteiger partial charge in [0.2, 0.25) is 5.16 Å². The fourth-order valence-corrected chi connectivity index (χ4v) is 3.34. The van der Waals surface area contributed by atoms with Crippen molar-refractivity contribution in [2.45, 2.75) is 5.16 Å². The summed E-state index contributed by atoms with van der Waals surface area (Å²) in [4.78, 5) is 27.1. The maximum atomic E-state index is 12.4. The molecular formula is C18H15ClN4O5S. The van der Waals surface area contributed by atoms with Crippen molar-refractivity contribution in [2.24, 2.45) is 0 Å². The number of non-ortho nitro benzene ring substituents is 1. The van der Waals surface area contributed by atoms with Crippen molar-refractivity contribution in [3.8, 4) is 22.9 Å². The molecule has 0 saturated heterocycles. The van der Waals surface area contributed by atoms with Crippen molar-refractivity contribution in [2.75, 3.05) is 20.0 Å². The number of hydrogen-bond acceptors (Lipinski definition) is 8. The third kappa shape index (κ3) is 4.84. The Balaban J connectivity index is 1.74. The molecule has 11 heteroatoms. The molecule has 0 atom stereocenters. The van der Waals surface area contributed by atoms with Gasteiger partial charge in [-0.05, 0) is 18.2 Å². The molecular weight excluding hydrogens is 420 g/mol. The van der Waals surface area contributed by atoms with Crippen LogP contribution in [0.4, 0.5) is 5.69 Å². The lowest BCUT2D eigenvalue weighted by atomic mass is 10.1. The van der Waals surface area contributed by atoms with Gasteiger partial charge in [0.25, 0.3) is 5.69 Å². The normalized spacial score (nSPS) is 10.6. The van der Waals surface area contributed by atoms with Gasteiger partial charge in [-0.25, -0.2) is 4.98 Å². The molecule has 29 heavy (non-hydrogen) atoms. The molecule has 150 valence electrons. The van der Waals surface area contributed by atoms with E-state index in [0.29, 0.717) is 28.0 Å². The molecule has 2 aromatic carbocycles. The number of thioether (sulfide) groups is 1. The van der Waals surface area contributed by atoms with Crippen molar-refractivity contribution in [1.82, 2.24) is 15.2 Å². The molecule has 3 rings (SSSR count). The number of halogens is 1. The van der Waals surface area contributed by atoms with Crippen LogP contribution in [0, 0.1) is 10.1 Å². The van der Waals surface area contributed by atoms with Crippen LogP contribution in [0.1, 0.15) is 10.4 Å². The molecule has 0 aliphatic heterocycles. The van der Waals surface area contributed by atoms with Crippen LogP contribution in [0.25, 0.3) is 11.4 Å². The number of nitrogens with one attached hydrogen (secondary N) is 1. The first-order valence-electron chi connectivity index (χ1n) is 8.17. The lowest BCUT2D eigenvalue weighted by Crippen LogP contribution is -2.04. The van der Waals surface area contributed by atoms with E-state index in [-0.39, 0.29) is 27.8 Å².